The number of ether oxygens (including phenoxy) is 1. The topological polar surface area (TPSA) is 24.8 Å². The first-order valence-corrected chi connectivity index (χ1v) is 8.03. The average molecular weight is 308 g/mol. The lowest BCUT2D eigenvalue weighted by molar-refractivity contribution is 0.415. The normalized spacial score (nSPS) is 19.1. The highest BCUT2D eigenvalue weighted by molar-refractivity contribution is 5.70. The van der Waals surface area contributed by atoms with Gasteiger partial charge in [0, 0.05) is 36.8 Å². The van der Waals surface area contributed by atoms with E-state index in [0.29, 0.717) is 6.04 Å². The minimum absolute atomic E-state index is 0.122. The number of methoxy groups -OCH3 is 1. The lowest BCUT2D eigenvalue weighted by Crippen LogP contribution is -2.39. The van der Waals surface area contributed by atoms with Gasteiger partial charge in [-0.3, -0.25) is 4.99 Å². The van der Waals surface area contributed by atoms with E-state index >= 15 is 0 Å². The number of rotatable bonds is 4. The predicted octanol–water partition coefficient (Wildman–Crippen LogP) is 4.58. The highest BCUT2D eigenvalue weighted by atomic mass is 16.5. The number of likely N-dealkylation sites (N-methyl/N-ethyl adjacent to an activating group) is 1. The van der Waals surface area contributed by atoms with E-state index < -0.39 is 0 Å². The molecule has 2 aromatic carbocycles. The Bertz CT molecular complexity index is 704. The minimum atomic E-state index is 0.122. The predicted molar refractivity (Wildman–Crippen MR) is 97.4 cm³/mol. The molecular formula is C20H24N2O. The number of anilines is 1. The van der Waals surface area contributed by atoms with Crippen molar-refractivity contribution in [1.29, 1.82) is 0 Å². The SMILES string of the molecule is COc1ccc(N=CCC2N(C)c3ccccc3C2(C)C)cc1. The van der Waals surface area contributed by atoms with Gasteiger partial charge in [-0.15, -0.1) is 0 Å². The van der Waals surface area contributed by atoms with Crippen molar-refractivity contribution in [3.8, 4) is 5.75 Å². The molecule has 2 aromatic rings. The summed E-state index contributed by atoms with van der Waals surface area (Å²) in [6, 6.07) is 16.9. The summed E-state index contributed by atoms with van der Waals surface area (Å²) in [6.45, 7) is 4.64. The number of nitrogens with zero attached hydrogens (tertiary/aromatic N) is 2. The summed E-state index contributed by atoms with van der Waals surface area (Å²) in [6.07, 6.45) is 2.96. The fourth-order valence-electron chi connectivity index (χ4n) is 3.54. The van der Waals surface area contributed by atoms with Crippen molar-refractivity contribution < 1.29 is 4.74 Å². The Labute approximate surface area is 138 Å². The van der Waals surface area contributed by atoms with E-state index in [9.17, 15) is 0 Å². The van der Waals surface area contributed by atoms with Crippen LogP contribution >= 0.6 is 0 Å². The summed E-state index contributed by atoms with van der Waals surface area (Å²) in [4.78, 5) is 6.99. The summed E-state index contributed by atoms with van der Waals surface area (Å²) < 4.78 is 5.17. The Morgan fingerprint density at radius 3 is 2.48 bits per heavy atom. The van der Waals surface area contributed by atoms with Gasteiger partial charge in [-0.1, -0.05) is 32.0 Å². The van der Waals surface area contributed by atoms with E-state index in [1.54, 1.807) is 7.11 Å². The zero-order valence-electron chi connectivity index (χ0n) is 14.3. The molecule has 3 rings (SSSR count). The van der Waals surface area contributed by atoms with E-state index in [4.69, 9.17) is 4.74 Å². The van der Waals surface area contributed by atoms with E-state index in [2.05, 4.69) is 55.1 Å². The monoisotopic (exact) mass is 308 g/mol. The number of para-hydroxylation sites is 1. The Morgan fingerprint density at radius 2 is 1.83 bits per heavy atom. The van der Waals surface area contributed by atoms with Crippen molar-refractivity contribution in [1.82, 2.24) is 0 Å². The molecule has 0 aromatic heterocycles. The lowest BCUT2D eigenvalue weighted by Gasteiger charge is -2.31. The summed E-state index contributed by atoms with van der Waals surface area (Å²) in [7, 11) is 3.85. The van der Waals surface area contributed by atoms with E-state index in [-0.39, 0.29) is 5.41 Å². The molecule has 1 aliphatic rings. The first kappa shape index (κ1) is 15.6. The first-order chi connectivity index (χ1) is 11.0. The molecule has 0 saturated carbocycles. The summed E-state index contributed by atoms with van der Waals surface area (Å²) in [5, 5.41) is 0. The molecule has 23 heavy (non-hydrogen) atoms. The maximum absolute atomic E-state index is 5.17. The summed E-state index contributed by atoms with van der Waals surface area (Å²) in [5.74, 6) is 0.857. The highest BCUT2D eigenvalue weighted by Crippen LogP contribution is 2.45. The second kappa shape index (κ2) is 6.07. The Balaban J connectivity index is 1.74. The molecule has 1 unspecified atom stereocenters. The molecular weight excluding hydrogens is 284 g/mol. The van der Waals surface area contributed by atoms with Crippen LogP contribution < -0.4 is 9.64 Å². The number of hydrogen-bond donors (Lipinski definition) is 0. The maximum atomic E-state index is 5.17. The Kier molecular flexibility index (Phi) is 4.12. The minimum Gasteiger partial charge on any atom is -0.497 e. The molecule has 0 radical (unpaired) electrons. The van der Waals surface area contributed by atoms with Gasteiger partial charge in [-0.05, 0) is 35.9 Å². The van der Waals surface area contributed by atoms with Crippen molar-refractivity contribution in [2.75, 3.05) is 19.1 Å². The second-order valence-electron chi connectivity index (χ2n) is 6.61. The van der Waals surface area contributed by atoms with Crippen LogP contribution in [0.1, 0.15) is 25.8 Å². The van der Waals surface area contributed by atoms with Gasteiger partial charge in [0.15, 0.2) is 0 Å². The largest absolute Gasteiger partial charge is 0.497 e. The number of fused-ring (bicyclic) bond motifs is 1. The Morgan fingerprint density at radius 1 is 1.13 bits per heavy atom. The molecule has 1 aliphatic heterocycles. The van der Waals surface area contributed by atoms with Crippen molar-refractivity contribution in [3.05, 3.63) is 54.1 Å². The third kappa shape index (κ3) is 2.83. The third-order valence-corrected chi connectivity index (χ3v) is 4.92. The van der Waals surface area contributed by atoms with Crippen LogP contribution in [0.4, 0.5) is 11.4 Å². The number of benzene rings is 2. The van der Waals surface area contributed by atoms with Gasteiger partial charge < -0.3 is 9.64 Å². The number of hydrogen-bond acceptors (Lipinski definition) is 3. The lowest BCUT2D eigenvalue weighted by atomic mass is 9.79. The zero-order valence-corrected chi connectivity index (χ0v) is 14.3. The van der Waals surface area contributed by atoms with Crippen LogP contribution in [0.5, 0.6) is 5.75 Å². The van der Waals surface area contributed by atoms with E-state index in [0.717, 1.165) is 17.9 Å². The molecule has 3 heteroatoms. The van der Waals surface area contributed by atoms with E-state index in [1.807, 2.05) is 30.5 Å². The van der Waals surface area contributed by atoms with Gasteiger partial charge in [0.1, 0.15) is 5.75 Å². The van der Waals surface area contributed by atoms with E-state index in [1.165, 1.54) is 11.3 Å². The van der Waals surface area contributed by atoms with Gasteiger partial charge in [0.2, 0.25) is 0 Å². The molecule has 0 N–H and O–H groups in total. The van der Waals surface area contributed by atoms with Crippen molar-refractivity contribution >= 4 is 17.6 Å². The molecule has 0 fully saturated rings. The molecule has 0 amide bonds. The third-order valence-electron chi connectivity index (χ3n) is 4.92. The quantitative estimate of drug-likeness (QED) is 0.772. The fraction of sp³-hybridized carbons (Fsp3) is 0.350. The number of aliphatic imine (C=N–C) groups is 1. The molecule has 0 spiro atoms. The second-order valence-corrected chi connectivity index (χ2v) is 6.61. The fourth-order valence-corrected chi connectivity index (χ4v) is 3.54. The highest BCUT2D eigenvalue weighted by Gasteiger charge is 2.41. The molecule has 120 valence electrons. The van der Waals surface area contributed by atoms with Crippen LogP contribution in [0.25, 0.3) is 0 Å². The standard InChI is InChI=1S/C20H24N2O/c1-20(2)17-7-5-6-8-18(17)22(3)19(20)13-14-21-15-9-11-16(23-4)12-10-15/h5-12,14,19H,13H2,1-4H3. The van der Waals surface area contributed by atoms with Crippen LogP contribution in [0, 0.1) is 0 Å². The van der Waals surface area contributed by atoms with Crippen molar-refractivity contribution in [2.24, 2.45) is 4.99 Å². The van der Waals surface area contributed by atoms with Crippen molar-refractivity contribution in [3.63, 3.8) is 0 Å². The van der Waals surface area contributed by atoms with Gasteiger partial charge >= 0.3 is 0 Å². The molecule has 1 heterocycles. The first-order valence-electron chi connectivity index (χ1n) is 8.03. The van der Waals surface area contributed by atoms with Crippen LogP contribution in [-0.2, 0) is 5.41 Å². The molecule has 0 aliphatic carbocycles. The summed E-state index contributed by atoms with van der Waals surface area (Å²) in [5.41, 5.74) is 3.84. The van der Waals surface area contributed by atoms with Gasteiger partial charge in [0.05, 0.1) is 12.8 Å². The molecule has 0 saturated heterocycles. The summed E-state index contributed by atoms with van der Waals surface area (Å²) >= 11 is 0. The van der Waals surface area contributed by atoms with Gasteiger partial charge in [-0.2, -0.15) is 0 Å². The van der Waals surface area contributed by atoms with Crippen LogP contribution in [0.3, 0.4) is 0 Å². The smallest absolute Gasteiger partial charge is 0.119 e. The molecule has 1 atom stereocenters. The average Bonchev–Trinajstić information content (AvgIpc) is 2.76. The van der Waals surface area contributed by atoms with Crippen LogP contribution in [-0.4, -0.2) is 26.4 Å². The van der Waals surface area contributed by atoms with Crippen LogP contribution in [0.15, 0.2) is 53.5 Å². The van der Waals surface area contributed by atoms with Crippen LogP contribution in [0.2, 0.25) is 0 Å². The van der Waals surface area contributed by atoms with Crippen molar-refractivity contribution in [2.45, 2.75) is 31.7 Å². The van der Waals surface area contributed by atoms with Gasteiger partial charge in [0.25, 0.3) is 0 Å². The molecule has 0 bridgehead atoms. The molecule has 3 nitrogen and oxygen atoms in total. The van der Waals surface area contributed by atoms with Gasteiger partial charge in [-0.25, -0.2) is 0 Å². The zero-order chi connectivity index (χ0) is 16.4. The maximum Gasteiger partial charge on any atom is 0.119 e. The Hall–Kier alpha value is -2.29.